The Morgan fingerprint density at radius 1 is 1.13 bits per heavy atom. The number of carbonyl (C=O) groups excluding carboxylic acids is 2. The van der Waals surface area contributed by atoms with Crippen LogP contribution in [0.15, 0.2) is 42.5 Å². The van der Waals surface area contributed by atoms with Crippen molar-refractivity contribution in [1.82, 2.24) is 5.32 Å². The summed E-state index contributed by atoms with van der Waals surface area (Å²) < 4.78 is 5.75. The molecule has 1 atom stereocenters. The van der Waals surface area contributed by atoms with Gasteiger partial charge in [0.15, 0.2) is 5.11 Å². The predicted molar refractivity (Wildman–Crippen MR) is 125 cm³/mol. The number of carbonyl (C=O) groups is 2. The van der Waals surface area contributed by atoms with E-state index in [9.17, 15) is 9.59 Å². The fourth-order valence-corrected chi connectivity index (χ4v) is 2.87. The quantitative estimate of drug-likeness (QED) is 0.473. The Kier molecular flexibility index (Phi) is 9.08. The Bertz CT molecular complexity index is 920. The van der Waals surface area contributed by atoms with Crippen molar-refractivity contribution in [3.8, 4) is 5.75 Å². The first-order chi connectivity index (χ1) is 14.3. The molecule has 0 aliphatic rings. The molecule has 0 saturated carbocycles. The van der Waals surface area contributed by atoms with Crippen LogP contribution in [0.2, 0.25) is 5.02 Å². The summed E-state index contributed by atoms with van der Waals surface area (Å²) in [4.78, 5) is 24.3. The minimum atomic E-state index is -0.370. The van der Waals surface area contributed by atoms with Crippen LogP contribution in [0.4, 0.5) is 11.4 Å². The second-order valence-electron chi connectivity index (χ2n) is 6.77. The Hall–Kier alpha value is -2.64. The number of hydrogen-bond donors (Lipinski definition) is 3. The zero-order valence-corrected chi connectivity index (χ0v) is 18.8. The maximum absolute atomic E-state index is 12.5. The van der Waals surface area contributed by atoms with Crippen molar-refractivity contribution >= 4 is 52.1 Å². The van der Waals surface area contributed by atoms with E-state index in [4.69, 9.17) is 28.6 Å². The minimum Gasteiger partial charge on any atom is -0.491 e. The Labute approximate surface area is 187 Å². The summed E-state index contributed by atoms with van der Waals surface area (Å²) in [6.45, 7) is 5.93. The monoisotopic (exact) mass is 447 g/mol. The molecule has 0 aromatic heterocycles. The maximum atomic E-state index is 12.5. The summed E-state index contributed by atoms with van der Waals surface area (Å²) in [7, 11) is 0. The van der Waals surface area contributed by atoms with Gasteiger partial charge in [0.2, 0.25) is 5.91 Å². The summed E-state index contributed by atoms with van der Waals surface area (Å²) in [6.07, 6.45) is 2.10. The Morgan fingerprint density at radius 3 is 2.60 bits per heavy atom. The van der Waals surface area contributed by atoms with Crippen LogP contribution in [0.5, 0.6) is 5.75 Å². The minimum absolute atomic E-state index is 0.0540. The lowest BCUT2D eigenvalue weighted by Gasteiger charge is -2.14. The van der Waals surface area contributed by atoms with Crippen LogP contribution < -0.4 is 20.7 Å². The van der Waals surface area contributed by atoms with Gasteiger partial charge < -0.3 is 15.4 Å². The van der Waals surface area contributed by atoms with Gasteiger partial charge in [0.1, 0.15) is 5.75 Å². The second kappa shape index (κ2) is 11.5. The average molecular weight is 448 g/mol. The molecule has 0 radical (unpaired) electrons. The molecule has 6 nitrogen and oxygen atoms in total. The van der Waals surface area contributed by atoms with Gasteiger partial charge in [0.05, 0.1) is 16.8 Å². The van der Waals surface area contributed by atoms with Gasteiger partial charge in [0, 0.05) is 17.7 Å². The molecule has 0 fully saturated rings. The molecule has 2 aromatic rings. The smallest absolute Gasteiger partial charge is 0.257 e. The molecule has 0 bridgehead atoms. The Morgan fingerprint density at radius 2 is 1.90 bits per heavy atom. The highest BCUT2D eigenvalue weighted by Crippen LogP contribution is 2.26. The van der Waals surface area contributed by atoms with Gasteiger partial charge in [0.25, 0.3) is 5.91 Å². The van der Waals surface area contributed by atoms with Crippen molar-refractivity contribution in [1.29, 1.82) is 0 Å². The van der Waals surface area contributed by atoms with Crippen LogP contribution >= 0.6 is 23.8 Å². The lowest BCUT2D eigenvalue weighted by atomic mass is 10.2. The number of ether oxygens (including phenoxy) is 1. The van der Waals surface area contributed by atoms with E-state index in [1.54, 1.807) is 42.5 Å². The number of nitrogens with one attached hydrogen (secondary N) is 3. The molecule has 0 unspecified atom stereocenters. The van der Waals surface area contributed by atoms with Crippen molar-refractivity contribution in [3.63, 3.8) is 0 Å². The molecule has 2 rings (SSSR count). The molecule has 2 amide bonds. The molecule has 0 heterocycles. The number of thiocarbonyl (C=S) groups is 1. The normalized spacial score (nSPS) is 11.3. The number of amides is 2. The third kappa shape index (κ3) is 7.31. The zero-order valence-electron chi connectivity index (χ0n) is 17.3. The van der Waals surface area contributed by atoms with Crippen molar-refractivity contribution in [2.24, 2.45) is 0 Å². The zero-order chi connectivity index (χ0) is 22.1. The summed E-state index contributed by atoms with van der Waals surface area (Å²) in [6, 6.07) is 11.9. The van der Waals surface area contributed by atoms with E-state index in [0.29, 0.717) is 34.1 Å². The van der Waals surface area contributed by atoms with Crippen LogP contribution in [0.1, 0.15) is 50.4 Å². The number of hydrogen-bond acceptors (Lipinski definition) is 4. The topological polar surface area (TPSA) is 79.5 Å². The summed E-state index contributed by atoms with van der Waals surface area (Å²) in [5.74, 6) is 0.168. The van der Waals surface area contributed by atoms with E-state index >= 15 is 0 Å². The molecule has 30 heavy (non-hydrogen) atoms. The van der Waals surface area contributed by atoms with E-state index < -0.39 is 0 Å². The highest BCUT2D eigenvalue weighted by atomic mass is 35.5. The van der Waals surface area contributed by atoms with E-state index in [1.165, 1.54) is 0 Å². The fourth-order valence-electron chi connectivity index (χ4n) is 2.50. The summed E-state index contributed by atoms with van der Waals surface area (Å²) in [5.41, 5.74) is 1.49. The summed E-state index contributed by atoms with van der Waals surface area (Å²) in [5, 5.41) is 8.82. The van der Waals surface area contributed by atoms with Crippen molar-refractivity contribution in [3.05, 3.63) is 53.1 Å². The molecular formula is C22H26ClN3O3S. The molecule has 0 aliphatic carbocycles. The van der Waals surface area contributed by atoms with Crippen LogP contribution in [0.3, 0.4) is 0 Å². The largest absolute Gasteiger partial charge is 0.491 e. The fraction of sp³-hybridized carbons (Fsp3) is 0.318. The van der Waals surface area contributed by atoms with Crippen LogP contribution in [-0.4, -0.2) is 23.0 Å². The molecule has 8 heteroatoms. The number of rotatable bonds is 8. The standard InChI is InChI=1S/C22H26ClN3O3S/c1-4-7-20(27)24-16-10-11-18(23)19(13-16)25-22(30)26-21(28)15-8-6-9-17(12-15)29-14(3)5-2/h6,8-14H,4-5,7H2,1-3H3,(H,24,27)(H2,25,26,28,30)/t14-/m1/s1. The first-order valence-electron chi connectivity index (χ1n) is 9.80. The molecule has 3 N–H and O–H groups in total. The molecule has 160 valence electrons. The second-order valence-corrected chi connectivity index (χ2v) is 7.58. The summed E-state index contributed by atoms with van der Waals surface area (Å²) >= 11 is 11.5. The first-order valence-corrected chi connectivity index (χ1v) is 10.6. The van der Waals surface area contributed by atoms with Crippen LogP contribution in [0.25, 0.3) is 0 Å². The number of benzene rings is 2. The van der Waals surface area contributed by atoms with Gasteiger partial charge in [-0.3, -0.25) is 14.9 Å². The van der Waals surface area contributed by atoms with Gasteiger partial charge in [-0.05, 0) is 68.4 Å². The maximum Gasteiger partial charge on any atom is 0.257 e. The molecule has 0 aliphatic heterocycles. The van der Waals surface area contributed by atoms with Gasteiger partial charge >= 0.3 is 0 Å². The van der Waals surface area contributed by atoms with Crippen molar-refractivity contribution in [2.75, 3.05) is 10.6 Å². The van der Waals surface area contributed by atoms with Crippen molar-refractivity contribution in [2.45, 2.75) is 46.1 Å². The van der Waals surface area contributed by atoms with Crippen molar-refractivity contribution < 1.29 is 14.3 Å². The Balaban J connectivity index is 2.02. The lowest BCUT2D eigenvalue weighted by molar-refractivity contribution is -0.116. The SMILES string of the molecule is CCCC(=O)Nc1ccc(Cl)c(NC(=S)NC(=O)c2cccc(O[C@H](C)CC)c2)c1. The molecule has 0 saturated heterocycles. The lowest BCUT2D eigenvalue weighted by Crippen LogP contribution is -2.34. The van der Waals surface area contributed by atoms with Gasteiger partial charge in [-0.1, -0.05) is 31.5 Å². The van der Waals surface area contributed by atoms with Crippen LogP contribution in [-0.2, 0) is 4.79 Å². The number of anilines is 2. The third-order valence-corrected chi connectivity index (χ3v) is 4.74. The highest BCUT2D eigenvalue weighted by Gasteiger charge is 2.12. The highest BCUT2D eigenvalue weighted by molar-refractivity contribution is 7.80. The van der Waals surface area contributed by atoms with E-state index in [2.05, 4.69) is 16.0 Å². The van der Waals surface area contributed by atoms with Crippen LogP contribution in [0, 0.1) is 0 Å². The van der Waals surface area contributed by atoms with Gasteiger partial charge in [-0.2, -0.15) is 0 Å². The van der Waals surface area contributed by atoms with Gasteiger partial charge in [-0.15, -0.1) is 0 Å². The molecule has 2 aromatic carbocycles. The average Bonchev–Trinajstić information content (AvgIpc) is 2.70. The molecular weight excluding hydrogens is 422 g/mol. The predicted octanol–water partition coefficient (Wildman–Crippen LogP) is 5.38. The van der Waals surface area contributed by atoms with E-state index in [1.807, 2.05) is 20.8 Å². The first kappa shape index (κ1) is 23.6. The number of halogens is 1. The van der Waals surface area contributed by atoms with Gasteiger partial charge in [-0.25, -0.2) is 0 Å². The molecule has 0 spiro atoms. The third-order valence-electron chi connectivity index (χ3n) is 4.21. The van der Waals surface area contributed by atoms with E-state index in [0.717, 1.165) is 12.8 Å². The van der Waals surface area contributed by atoms with E-state index in [-0.39, 0.29) is 23.0 Å².